The van der Waals surface area contributed by atoms with Gasteiger partial charge in [-0.2, -0.15) is 0 Å². The van der Waals surface area contributed by atoms with E-state index in [-0.39, 0.29) is 39.7 Å². The summed E-state index contributed by atoms with van der Waals surface area (Å²) in [5.41, 5.74) is 0. The monoisotopic (exact) mass is 210 g/mol. The molecule has 0 saturated heterocycles. The van der Waals surface area contributed by atoms with Crippen LogP contribution in [-0.2, 0) is 27.3 Å². The van der Waals surface area contributed by atoms with Gasteiger partial charge in [-0.25, -0.2) is 0 Å². The van der Waals surface area contributed by atoms with Gasteiger partial charge in [0.25, 0.3) is 0 Å². The maximum atomic E-state index is 8.44. The molecule has 0 spiro atoms. The number of hydrogen-bond donors (Lipinski definition) is 1. The van der Waals surface area contributed by atoms with Crippen LogP contribution in [0.15, 0.2) is 0 Å². The number of hydrogen-bond acceptors (Lipinski definition) is 2. The van der Waals surface area contributed by atoms with Gasteiger partial charge in [-0.3, -0.25) is 0 Å². The van der Waals surface area contributed by atoms with Gasteiger partial charge in [0.05, 0.1) is 0 Å². The quantitative estimate of drug-likeness (QED) is 0.412. The van der Waals surface area contributed by atoms with E-state index in [1.54, 1.807) is 0 Å². The van der Waals surface area contributed by atoms with Gasteiger partial charge in [0.15, 0.2) is 0 Å². The van der Waals surface area contributed by atoms with Crippen LogP contribution >= 0.6 is 0 Å². The third-order valence-electron chi connectivity index (χ3n) is 0. The van der Waals surface area contributed by atoms with Crippen LogP contribution in [0.25, 0.3) is 0 Å². The Kier molecular flexibility index (Phi) is 24.3. The Morgan fingerprint density at radius 1 is 1.67 bits per heavy atom. The largest absolute Gasteiger partial charge is 2.00 e. The van der Waals surface area contributed by atoms with Crippen LogP contribution in [-0.4, -0.2) is 11.3 Å². The molecule has 0 aromatic rings. The summed E-state index contributed by atoms with van der Waals surface area (Å²) in [5.74, 6) is 0. The smallest absolute Gasteiger partial charge is 1.00 e. The fourth-order valence-corrected chi connectivity index (χ4v) is 0. The molecule has 0 aromatic heterocycles. The van der Waals surface area contributed by atoms with Crippen molar-refractivity contribution in [3.05, 3.63) is 0 Å². The zero-order valence-electron chi connectivity index (χ0n) is 2.85. The molecule has 0 rings (SSSR count). The molecule has 3 nitrogen and oxygen atoms in total. The molecule has 0 aliphatic carbocycles. The van der Waals surface area contributed by atoms with Crippen LogP contribution in [0.1, 0.15) is 0 Å². The molecule has 0 fully saturated rings. The summed E-state index contributed by atoms with van der Waals surface area (Å²) < 4.78 is 0. The van der Waals surface area contributed by atoms with E-state index >= 15 is 0 Å². The van der Waals surface area contributed by atoms with Gasteiger partial charge in [0, 0.05) is 0 Å². The van der Waals surface area contributed by atoms with E-state index in [1.165, 1.54) is 0 Å². The average molecular weight is 209 g/mol. The third-order valence-corrected chi connectivity index (χ3v) is 0. The van der Waals surface area contributed by atoms with Crippen molar-refractivity contribution in [1.29, 1.82) is 0 Å². The van der Waals surface area contributed by atoms with Gasteiger partial charge in [-0.15, -0.1) is 0 Å². The molecule has 0 unspecified atom stereocenters. The first-order chi connectivity index (χ1) is 1.73. The molecule has 0 heterocycles. The molecule has 0 atom stereocenters. The maximum Gasteiger partial charge on any atom is 2.00 e. The van der Waals surface area contributed by atoms with Crippen molar-refractivity contribution in [2.75, 3.05) is 0 Å². The van der Waals surface area contributed by atoms with Crippen LogP contribution in [0.5, 0.6) is 0 Å². The summed E-state index contributed by atoms with van der Waals surface area (Å²) in [6.45, 7) is 0. The second kappa shape index (κ2) is 9.08. The predicted octanol–water partition coefficient (Wildman–Crippen LogP) is -4.11. The fourth-order valence-electron chi connectivity index (χ4n) is 0. The van der Waals surface area contributed by atoms with E-state index in [0.717, 1.165) is 0 Å². The van der Waals surface area contributed by atoms with Crippen LogP contribution in [0.3, 0.4) is 0 Å². The zero-order chi connectivity index (χ0) is 3.58. The Morgan fingerprint density at radius 3 is 1.67 bits per heavy atom. The van der Waals surface area contributed by atoms with E-state index in [4.69, 9.17) is 15.0 Å². The Balaban J connectivity index is -0.0000000450. The summed E-state index contributed by atoms with van der Waals surface area (Å²) in [4.78, 5) is 8.44. The van der Waals surface area contributed by atoms with E-state index in [9.17, 15) is 0 Å². The SMILES string of the molecule is O=C([O-])O.[Cd+2].[Cl-]. The van der Waals surface area contributed by atoms with Crippen molar-refractivity contribution in [3.63, 3.8) is 0 Å². The van der Waals surface area contributed by atoms with Gasteiger partial charge in [0.1, 0.15) is 0 Å². The molecule has 0 aliphatic rings. The summed E-state index contributed by atoms with van der Waals surface area (Å²) in [6, 6.07) is 0. The van der Waals surface area contributed by atoms with Gasteiger partial charge < -0.3 is 27.4 Å². The molecule has 0 aromatic carbocycles. The first kappa shape index (κ1) is 16.1. The van der Waals surface area contributed by atoms with Gasteiger partial charge in [0.2, 0.25) is 6.16 Å². The van der Waals surface area contributed by atoms with Crippen molar-refractivity contribution in [2.24, 2.45) is 0 Å². The molecular formula is CHCdClO3. The van der Waals surface area contributed by atoms with Crippen LogP contribution < -0.4 is 17.5 Å². The molecule has 1 N–H and O–H groups in total. The number of rotatable bonds is 0. The third kappa shape index (κ3) is 234. The summed E-state index contributed by atoms with van der Waals surface area (Å²) in [7, 11) is 0. The second-order valence-corrected chi connectivity index (χ2v) is 0.266. The van der Waals surface area contributed by atoms with E-state index in [1.807, 2.05) is 0 Å². The first-order valence-corrected chi connectivity index (χ1v) is 0.632. The van der Waals surface area contributed by atoms with E-state index < -0.39 is 6.16 Å². The van der Waals surface area contributed by atoms with E-state index in [0.29, 0.717) is 0 Å². The molecule has 32 valence electrons. The summed E-state index contributed by atoms with van der Waals surface area (Å²) in [5, 5.41) is 15.3. The first-order valence-electron chi connectivity index (χ1n) is 0.632. The molecule has 5 heteroatoms. The number of carbonyl (C=O) groups is 1. The Hall–Kier alpha value is 0.482. The van der Waals surface area contributed by atoms with Crippen LogP contribution in [0.2, 0.25) is 0 Å². The topological polar surface area (TPSA) is 60.4 Å². The Morgan fingerprint density at radius 2 is 1.67 bits per heavy atom. The minimum Gasteiger partial charge on any atom is -1.00 e. The number of carboxylic acid groups (broad SMARTS) is 2. The molecule has 0 radical (unpaired) electrons. The van der Waals surface area contributed by atoms with Gasteiger partial charge in [-0.1, -0.05) is 0 Å². The Labute approximate surface area is 60.9 Å². The van der Waals surface area contributed by atoms with Crippen LogP contribution in [0, 0.1) is 0 Å². The number of halogens is 1. The zero-order valence-corrected chi connectivity index (χ0v) is 7.64. The summed E-state index contributed by atoms with van der Waals surface area (Å²) in [6.07, 6.45) is -2.08. The van der Waals surface area contributed by atoms with Gasteiger partial charge in [-0.05, 0) is 0 Å². The second-order valence-electron chi connectivity index (χ2n) is 0.266. The summed E-state index contributed by atoms with van der Waals surface area (Å²) >= 11 is 0. The fraction of sp³-hybridized carbons (Fsp3) is 0. The minimum atomic E-state index is -2.08. The normalized spacial score (nSPS) is 4.00. The van der Waals surface area contributed by atoms with Crippen molar-refractivity contribution in [3.8, 4) is 0 Å². The minimum absolute atomic E-state index is 0. The molecular weight excluding hydrogens is 208 g/mol. The molecule has 0 aliphatic heterocycles. The van der Waals surface area contributed by atoms with E-state index in [2.05, 4.69) is 0 Å². The standard InChI is InChI=1S/CH2O3.Cd.ClH/c2-1(3)4;;/h(H2,2,3,4);;1H/q;+2;/p-2. The van der Waals surface area contributed by atoms with Crippen molar-refractivity contribution in [2.45, 2.75) is 0 Å². The molecule has 0 saturated carbocycles. The molecule has 6 heavy (non-hydrogen) atoms. The molecule has 0 bridgehead atoms. The average Bonchev–Trinajstić information content (AvgIpc) is 0.811. The van der Waals surface area contributed by atoms with Gasteiger partial charge >= 0.3 is 27.3 Å². The van der Waals surface area contributed by atoms with Crippen molar-refractivity contribution < 1.29 is 54.7 Å². The van der Waals surface area contributed by atoms with Crippen LogP contribution in [0.4, 0.5) is 4.79 Å². The van der Waals surface area contributed by atoms with Crippen molar-refractivity contribution in [1.82, 2.24) is 0 Å². The predicted molar refractivity (Wildman–Crippen MR) is 8.02 cm³/mol. The Bertz CT molecular complexity index is 33.8. The molecule has 0 amide bonds. The van der Waals surface area contributed by atoms with Crippen molar-refractivity contribution >= 4 is 6.16 Å². The maximum absolute atomic E-state index is 8.44.